The second-order valence-corrected chi connectivity index (χ2v) is 7.09. The number of carbonyl (C=O) groups is 2. The molecule has 6 nitrogen and oxygen atoms in total. The molecule has 1 aromatic carbocycles. The summed E-state index contributed by atoms with van der Waals surface area (Å²) in [5.41, 5.74) is 1.00. The summed E-state index contributed by atoms with van der Waals surface area (Å²) in [4.78, 5) is 31.0. The molecule has 0 bridgehead atoms. The number of esters is 1. The molecule has 2 aliphatic heterocycles. The van der Waals surface area contributed by atoms with E-state index in [0.29, 0.717) is 26.1 Å². The molecule has 0 aliphatic carbocycles. The van der Waals surface area contributed by atoms with Gasteiger partial charge in [0.05, 0.1) is 13.2 Å². The molecular formula is C20H28FN3O3. The van der Waals surface area contributed by atoms with Crippen molar-refractivity contribution >= 4 is 17.6 Å². The van der Waals surface area contributed by atoms with Gasteiger partial charge in [-0.3, -0.25) is 9.69 Å². The van der Waals surface area contributed by atoms with Crippen LogP contribution in [0.4, 0.5) is 10.1 Å². The number of hydrogen-bond donors (Lipinski definition) is 0. The number of rotatable bonds is 5. The molecule has 27 heavy (non-hydrogen) atoms. The van der Waals surface area contributed by atoms with Crippen LogP contribution in [0.3, 0.4) is 0 Å². The minimum absolute atomic E-state index is 0.00276. The second kappa shape index (κ2) is 9.17. The van der Waals surface area contributed by atoms with Crippen molar-refractivity contribution in [3.8, 4) is 0 Å². The lowest BCUT2D eigenvalue weighted by Gasteiger charge is -2.38. The van der Waals surface area contributed by atoms with Crippen LogP contribution in [-0.2, 0) is 14.3 Å². The van der Waals surface area contributed by atoms with Crippen LogP contribution in [0.1, 0.15) is 26.2 Å². The van der Waals surface area contributed by atoms with Crippen LogP contribution in [0.25, 0.3) is 0 Å². The van der Waals surface area contributed by atoms with E-state index in [1.165, 1.54) is 12.1 Å². The first-order chi connectivity index (χ1) is 13.1. The van der Waals surface area contributed by atoms with Crippen molar-refractivity contribution in [1.29, 1.82) is 0 Å². The van der Waals surface area contributed by atoms with Crippen LogP contribution in [0.15, 0.2) is 24.3 Å². The third kappa shape index (κ3) is 4.97. The van der Waals surface area contributed by atoms with Gasteiger partial charge in [-0.15, -0.1) is 0 Å². The summed E-state index contributed by atoms with van der Waals surface area (Å²) in [5, 5.41) is 0. The van der Waals surface area contributed by atoms with Crippen molar-refractivity contribution < 1.29 is 18.7 Å². The molecule has 1 unspecified atom stereocenters. The molecule has 7 heteroatoms. The van der Waals surface area contributed by atoms with Crippen molar-refractivity contribution in [3.05, 3.63) is 30.1 Å². The number of hydrogen-bond acceptors (Lipinski definition) is 5. The molecule has 148 valence electrons. The lowest BCUT2D eigenvalue weighted by atomic mass is 10.0. The van der Waals surface area contributed by atoms with E-state index in [-0.39, 0.29) is 17.7 Å². The number of piperidine rings is 1. The van der Waals surface area contributed by atoms with E-state index in [4.69, 9.17) is 4.74 Å². The van der Waals surface area contributed by atoms with E-state index >= 15 is 0 Å². The predicted octanol–water partition coefficient (Wildman–Crippen LogP) is 1.89. The Hall–Kier alpha value is -2.15. The maximum atomic E-state index is 13.1. The Morgan fingerprint density at radius 1 is 1.07 bits per heavy atom. The summed E-state index contributed by atoms with van der Waals surface area (Å²) in [6.07, 6.45) is 2.56. The molecule has 1 aromatic rings. The summed E-state index contributed by atoms with van der Waals surface area (Å²) in [6, 6.07) is 6.07. The van der Waals surface area contributed by atoms with Gasteiger partial charge in [-0.25, -0.2) is 9.18 Å². The van der Waals surface area contributed by atoms with Gasteiger partial charge >= 0.3 is 5.97 Å². The largest absolute Gasteiger partial charge is 0.464 e. The topological polar surface area (TPSA) is 53.1 Å². The minimum Gasteiger partial charge on any atom is -0.464 e. The number of halogens is 1. The fraction of sp³-hybridized carbons (Fsp3) is 0.600. The predicted molar refractivity (Wildman–Crippen MR) is 101 cm³/mol. The third-order valence-corrected chi connectivity index (χ3v) is 5.30. The number of carbonyl (C=O) groups excluding carboxylic acids is 2. The monoisotopic (exact) mass is 377 g/mol. The second-order valence-electron chi connectivity index (χ2n) is 7.09. The Kier molecular flexibility index (Phi) is 6.66. The van der Waals surface area contributed by atoms with Gasteiger partial charge in [0.15, 0.2) is 0 Å². The van der Waals surface area contributed by atoms with Gasteiger partial charge in [0.1, 0.15) is 11.9 Å². The molecule has 2 aliphatic rings. The van der Waals surface area contributed by atoms with Crippen molar-refractivity contribution in [3.63, 3.8) is 0 Å². The van der Waals surface area contributed by atoms with Crippen LogP contribution in [0.5, 0.6) is 0 Å². The molecule has 3 rings (SSSR count). The van der Waals surface area contributed by atoms with E-state index in [1.807, 2.05) is 0 Å². The number of nitrogens with zero attached hydrogens (tertiary/aromatic N) is 3. The van der Waals surface area contributed by atoms with E-state index < -0.39 is 6.04 Å². The van der Waals surface area contributed by atoms with Gasteiger partial charge in [-0.1, -0.05) is 0 Å². The van der Waals surface area contributed by atoms with Gasteiger partial charge in [-0.05, 0) is 50.5 Å². The molecule has 2 fully saturated rings. The summed E-state index contributed by atoms with van der Waals surface area (Å²) in [6.45, 7) is 6.18. The van der Waals surface area contributed by atoms with Crippen molar-refractivity contribution in [1.82, 2.24) is 9.80 Å². The molecule has 1 amide bonds. The zero-order valence-electron chi connectivity index (χ0n) is 15.9. The summed E-state index contributed by atoms with van der Waals surface area (Å²) < 4.78 is 18.2. The fourth-order valence-corrected chi connectivity index (χ4v) is 3.81. The quantitative estimate of drug-likeness (QED) is 0.734. The average Bonchev–Trinajstić information content (AvgIpc) is 2.69. The first-order valence-corrected chi connectivity index (χ1v) is 9.77. The summed E-state index contributed by atoms with van der Waals surface area (Å²) in [7, 11) is 0. The molecule has 2 saturated heterocycles. The first kappa shape index (κ1) is 19.6. The Morgan fingerprint density at radius 3 is 2.44 bits per heavy atom. The van der Waals surface area contributed by atoms with Gasteiger partial charge in [0.2, 0.25) is 5.91 Å². The van der Waals surface area contributed by atoms with E-state index in [0.717, 1.165) is 44.7 Å². The highest BCUT2D eigenvalue weighted by Gasteiger charge is 2.34. The zero-order valence-corrected chi connectivity index (χ0v) is 15.9. The first-order valence-electron chi connectivity index (χ1n) is 9.77. The van der Waals surface area contributed by atoms with Crippen LogP contribution in [0, 0.1) is 5.82 Å². The molecule has 0 N–H and O–H groups in total. The highest BCUT2D eigenvalue weighted by Crippen LogP contribution is 2.20. The maximum absolute atomic E-state index is 13.1. The Morgan fingerprint density at radius 2 is 1.78 bits per heavy atom. The summed E-state index contributed by atoms with van der Waals surface area (Å²) >= 11 is 0. The standard InChI is InChI=1S/C20H28FN3O3/c1-2-27-20(26)18-5-3-4-10-24(18)19(25)15-22-11-13-23(14-12-22)17-8-6-16(21)7-9-17/h6-9,18H,2-5,10-15H2,1H3. The van der Waals surface area contributed by atoms with Crippen molar-refractivity contribution in [2.24, 2.45) is 0 Å². The van der Waals surface area contributed by atoms with Crippen LogP contribution < -0.4 is 4.90 Å². The number of likely N-dealkylation sites (tertiary alicyclic amines) is 1. The van der Waals surface area contributed by atoms with E-state index in [1.54, 1.807) is 24.0 Å². The molecule has 1 atom stereocenters. The number of amides is 1. The van der Waals surface area contributed by atoms with E-state index in [2.05, 4.69) is 9.80 Å². The SMILES string of the molecule is CCOC(=O)C1CCCCN1C(=O)CN1CCN(c2ccc(F)cc2)CC1. The Bertz CT molecular complexity index is 644. The Labute approximate surface area is 159 Å². The summed E-state index contributed by atoms with van der Waals surface area (Å²) in [5.74, 6) is -0.518. The van der Waals surface area contributed by atoms with Crippen LogP contribution >= 0.6 is 0 Å². The fourth-order valence-electron chi connectivity index (χ4n) is 3.81. The lowest BCUT2D eigenvalue weighted by Crippen LogP contribution is -2.54. The van der Waals surface area contributed by atoms with Crippen LogP contribution in [-0.4, -0.2) is 73.6 Å². The Balaban J connectivity index is 1.52. The van der Waals surface area contributed by atoms with Gasteiger partial charge < -0.3 is 14.5 Å². The normalized spacial score (nSPS) is 21.2. The highest BCUT2D eigenvalue weighted by molar-refractivity contribution is 5.85. The number of benzene rings is 1. The molecule has 0 radical (unpaired) electrons. The van der Waals surface area contributed by atoms with Gasteiger partial charge in [-0.2, -0.15) is 0 Å². The number of anilines is 1. The smallest absolute Gasteiger partial charge is 0.328 e. The number of piperazine rings is 1. The van der Waals surface area contributed by atoms with Crippen LogP contribution in [0.2, 0.25) is 0 Å². The molecule has 0 spiro atoms. The lowest BCUT2D eigenvalue weighted by molar-refractivity contribution is -0.157. The molecule has 0 saturated carbocycles. The average molecular weight is 377 g/mol. The van der Waals surface area contributed by atoms with E-state index in [9.17, 15) is 14.0 Å². The maximum Gasteiger partial charge on any atom is 0.328 e. The van der Waals surface area contributed by atoms with Crippen molar-refractivity contribution in [2.45, 2.75) is 32.2 Å². The molecular weight excluding hydrogens is 349 g/mol. The van der Waals surface area contributed by atoms with Gasteiger partial charge in [0.25, 0.3) is 0 Å². The van der Waals surface area contributed by atoms with Gasteiger partial charge in [0, 0.05) is 38.4 Å². The molecule has 2 heterocycles. The minimum atomic E-state index is -0.438. The number of ether oxygens (including phenoxy) is 1. The zero-order chi connectivity index (χ0) is 19.2. The highest BCUT2D eigenvalue weighted by atomic mass is 19.1. The third-order valence-electron chi connectivity index (χ3n) is 5.30. The molecule has 0 aromatic heterocycles. The van der Waals surface area contributed by atoms with Crippen molar-refractivity contribution in [2.75, 3.05) is 50.8 Å².